The molecular weight excluding hydrogens is 398 g/mol. The summed E-state index contributed by atoms with van der Waals surface area (Å²) in [7, 11) is 0. The Bertz CT molecular complexity index is 898. The van der Waals surface area contributed by atoms with Crippen LogP contribution in [0.2, 0.25) is 0 Å². The van der Waals surface area contributed by atoms with Crippen LogP contribution in [0, 0.1) is 11.8 Å². The SMILES string of the molecule is O=C(c1ccccc1)c1cccc(C(CC2CCCCC2)(C(=O)[O-])C2CCCCC2)c1.[NH4+]. The van der Waals surface area contributed by atoms with Gasteiger partial charge >= 0.3 is 0 Å². The van der Waals surface area contributed by atoms with E-state index in [2.05, 4.69) is 0 Å². The van der Waals surface area contributed by atoms with Crippen LogP contribution in [-0.4, -0.2) is 11.8 Å². The molecule has 0 spiro atoms. The molecule has 2 saturated carbocycles. The molecule has 2 aliphatic rings. The summed E-state index contributed by atoms with van der Waals surface area (Å²) in [6.45, 7) is 0. The van der Waals surface area contributed by atoms with Crippen molar-refractivity contribution in [2.75, 3.05) is 0 Å². The first-order valence-electron chi connectivity index (χ1n) is 12.0. The van der Waals surface area contributed by atoms with Gasteiger partial charge in [0, 0.05) is 16.5 Å². The third kappa shape index (κ3) is 4.96. The standard InChI is InChI=1S/C28H34O3.H3N/c29-26(22-13-6-2-7-14-22)23-15-10-18-25(19-23)28(27(30)31,24-16-8-3-9-17-24)20-21-11-4-1-5-12-21;/h2,6-7,10,13-15,18-19,21,24H,1,3-5,8-9,11-12,16-17,20H2,(H,30,31);1H3. The van der Waals surface area contributed by atoms with Crippen molar-refractivity contribution in [3.05, 3.63) is 71.3 Å². The van der Waals surface area contributed by atoms with E-state index in [0.717, 1.165) is 44.1 Å². The lowest BCUT2D eigenvalue weighted by Gasteiger charge is -2.46. The summed E-state index contributed by atoms with van der Waals surface area (Å²) < 4.78 is 0. The molecule has 4 rings (SSSR count). The van der Waals surface area contributed by atoms with Crippen molar-refractivity contribution >= 4 is 11.8 Å². The van der Waals surface area contributed by atoms with Crippen molar-refractivity contribution in [2.45, 2.75) is 76.0 Å². The molecule has 0 heterocycles. The number of hydrogen-bond acceptors (Lipinski definition) is 3. The van der Waals surface area contributed by atoms with Crippen molar-refractivity contribution < 1.29 is 14.7 Å². The molecule has 0 amide bonds. The fourth-order valence-corrected chi connectivity index (χ4v) is 6.02. The van der Waals surface area contributed by atoms with Crippen molar-refractivity contribution in [1.29, 1.82) is 0 Å². The normalized spacial score (nSPS) is 19.5. The monoisotopic (exact) mass is 435 g/mol. The highest BCUT2D eigenvalue weighted by Crippen LogP contribution is 2.47. The highest BCUT2D eigenvalue weighted by atomic mass is 16.4. The maximum Gasteiger partial charge on any atom is 0.193 e. The smallest absolute Gasteiger partial charge is 0.193 e. The minimum Gasteiger partial charge on any atom is -0.549 e. The predicted octanol–water partition coefficient (Wildman–Crippen LogP) is 5.83. The Morgan fingerprint density at radius 2 is 1.38 bits per heavy atom. The van der Waals surface area contributed by atoms with E-state index >= 15 is 0 Å². The highest BCUT2D eigenvalue weighted by Gasteiger charge is 2.44. The maximum absolute atomic E-state index is 13.1. The molecule has 0 aromatic heterocycles. The van der Waals surface area contributed by atoms with Gasteiger partial charge in [-0.3, -0.25) is 4.79 Å². The summed E-state index contributed by atoms with van der Waals surface area (Å²) in [4.78, 5) is 26.0. The van der Waals surface area contributed by atoms with Crippen molar-refractivity contribution in [3.8, 4) is 0 Å². The largest absolute Gasteiger partial charge is 0.549 e. The van der Waals surface area contributed by atoms with Gasteiger partial charge in [-0.05, 0) is 42.7 Å². The second-order valence-corrected chi connectivity index (χ2v) is 9.58. The lowest BCUT2D eigenvalue weighted by molar-refractivity contribution is -0.317. The van der Waals surface area contributed by atoms with Crippen molar-refractivity contribution in [3.63, 3.8) is 0 Å². The first kappa shape index (κ1) is 24.2. The van der Waals surface area contributed by atoms with Crippen LogP contribution in [0.1, 0.15) is 92.1 Å². The molecule has 172 valence electrons. The molecule has 2 aromatic rings. The van der Waals surface area contributed by atoms with E-state index in [4.69, 9.17) is 0 Å². The van der Waals surface area contributed by atoms with Crippen LogP contribution >= 0.6 is 0 Å². The van der Waals surface area contributed by atoms with Crippen LogP contribution in [0.3, 0.4) is 0 Å². The lowest BCUT2D eigenvalue weighted by atomic mass is 9.60. The van der Waals surface area contributed by atoms with Gasteiger partial charge in [0.1, 0.15) is 0 Å². The van der Waals surface area contributed by atoms with Gasteiger partial charge in [0.15, 0.2) is 5.78 Å². The van der Waals surface area contributed by atoms with Gasteiger partial charge in [0.05, 0.1) is 5.97 Å². The summed E-state index contributed by atoms with van der Waals surface area (Å²) in [5.74, 6) is -0.511. The number of carbonyl (C=O) groups is 2. The van der Waals surface area contributed by atoms with Gasteiger partial charge in [0.25, 0.3) is 0 Å². The minimum absolute atomic E-state index is 0. The molecule has 32 heavy (non-hydrogen) atoms. The summed E-state index contributed by atoms with van der Waals surface area (Å²) in [5.41, 5.74) is 0.958. The number of benzene rings is 2. The summed E-state index contributed by atoms with van der Waals surface area (Å²) in [5, 5.41) is 12.9. The number of carboxylic acids is 1. The topological polar surface area (TPSA) is 93.7 Å². The molecule has 2 fully saturated rings. The van der Waals surface area contributed by atoms with Gasteiger partial charge in [-0.1, -0.05) is 99.9 Å². The minimum atomic E-state index is -1.00. The van der Waals surface area contributed by atoms with Crippen LogP contribution in [0.5, 0.6) is 0 Å². The average Bonchev–Trinajstić information content (AvgIpc) is 2.83. The van der Waals surface area contributed by atoms with Crippen LogP contribution in [0.15, 0.2) is 54.6 Å². The summed E-state index contributed by atoms with van der Waals surface area (Å²) in [6.07, 6.45) is 11.7. The molecular formula is C28H37NO3. The molecule has 2 aromatic carbocycles. The van der Waals surface area contributed by atoms with E-state index in [1.165, 1.54) is 25.7 Å². The Kier molecular flexibility index (Phi) is 8.25. The zero-order valence-corrected chi connectivity index (χ0v) is 19.4. The summed E-state index contributed by atoms with van der Waals surface area (Å²) >= 11 is 0. The number of aliphatic carboxylic acids is 1. The van der Waals surface area contributed by atoms with E-state index in [1.807, 2.05) is 48.5 Å². The molecule has 0 radical (unpaired) electrons. The van der Waals surface area contributed by atoms with Crippen molar-refractivity contribution in [1.82, 2.24) is 6.15 Å². The van der Waals surface area contributed by atoms with Gasteiger partial charge in [-0.2, -0.15) is 0 Å². The Hall–Kier alpha value is -2.46. The van der Waals surface area contributed by atoms with E-state index in [-0.39, 0.29) is 17.9 Å². The molecule has 1 atom stereocenters. The second kappa shape index (κ2) is 10.9. The third-order valence-electron chi connectivity index (χ3n) is 7.68. The maximum atomic E-state index is 13.1. The quantitative estimate of drug-likeness (QED) is 0.554. The lowest BCUT2D eigenvalue weighted by Crippen LogP contribution is -2.52. The number of hydrogen-bond donors (Lipinski definition) is 1. The Balaban J connectivity index is 0.00000289. The van der Waals surface area contributed by atoms with Gasteiger partial charge < -0.3 is 16.1 Å². The fourth-order valence-electron chi connectivity index (χ4n) is 6.02. The number of carbonyl (C=O) groups excluding carboxylic acids is 2. The molecule has 2 aliphatic carbocycles. The summed E-state index contributed by atoms with van der Waals surface area (Å²) in [6, 6.07) is 16.7. The number of rotatable bonds is 7. The third-order valence-corrected chi connectivity index (χ3v) is 7.68. The highest BCUT2D eigenvalue weighted by molar-refractivity contribution is 6.09. The Labute approximate surface area is 192 Å². The zero-order valence-electron chi connectivity index (χ0n) is 19.4. The van der Waals surface area contributed by atoms with E-state index in [9.17, 15) is 14.7 Å². The molecule has 0 saturated heterocycles. The van der Waals surface area contributed by atoms with E-state index in [0.29, 0.717) is 23.5 Å². The van der Waals surface area contributed by atoms with Gasteiger partial charge in [0.2, 0.25) is 0 Å². The Morgan fingerprint density at radius 3 is 2.00 bits per heavy atom. The zero-order chi connectivity index (χ0) is 21.7. The van der Waals surface area contributed by atoms with Crippen LogP contribution < -0.4 is 11.3 Å². The average molecular weight is 436 g/mol. The molecule has 0 aliphatic heterocycles. The first-order valence-corrected chi connectivity index (χ1v) is 12.0. The second-order valence-electron chi connectivity index (χ2n) is 9.58. The van der Waals surface area contributed by atoms with E-state index in [1.54, 1.807) is 6.07 Å². The van der Waals surface area contributed by atoms with Gasteiger partial charge in [-0.25, -0.2) is 0 Å². The number of quaternary nitrogens is 1. The van der Waals surface area contributed by atoms with Crippen molar-refractivity contribution in [2.24, 2.45) is 11.8 Å². The van der Waals surface area contributed by atoms with Gasteiger partial charge in [-0.15, -0.1) is 0 Å². The van der Waals surface area contributed by atoms with Crippen LogP contribution in [0.4, 0.5) is 0 Å². The van der Waals surface area contributed by atoms with Crippen LogP contribution in [-0.2, 0) is 10.2 Å². The molecule has 1 unspecified atom stereocenters. The molecule has 4 N–H and O–H groups in total. The Morgan fingerprint density at radius 1 is 0.781 bits per heavy atom. The predicted molar refractivity (Wildman–Crippen MR) is 127 cm³/mol. The number of ketones is 1. The molecule has 0 bridgehead atoms. The first-order chi connectivity index (χ1) is 15.1. The molecule has 4 heteroatoms. The number of carboxylic acid groups (broad SMARTS) is 1. The molecule has 4 nitrogen and oxygen atoms in total. The fraction of sp³-hybridized carbons (Fsp3) is 0.500. The van der Waals surface area contributed by atoms with E-state index < -0.39 is 11.4 Å². The van der Waals surface area contributed by atoms with Crippen LogP contribution in [0.25, 0.3) is 0 Å².